The summed E-state index contributed by atoms with van der Waals surface area (Å²) >= 11 is 1.53. The van der Waals surface area contributed by atoms with Crippen LogP contribution in [0.5, 0.6) is 0 Å². The smallest absolute Gasteiger partial charge is 0.192 e. The lowest BCUT2D eigenvalue weighted by Crippen LogP contribution is -2.43. The Morgan fingerprint density at radius 1 is 1.00 bits per heavy atom. The van der Waals surface area contributed by atoms with Crippen LogP contribution in [0.4, 0.5) is 0 Å². The van der Waals surface area contributed by atoms with Crippen LogP contribution < -0.4 is 5.19 Å². The molecule has 2 rings (SSSR count). The lowest BCUT2D eigenvalue weighted by Gasteiger charge is -2.26. The van der Waals surface area contributed by atoms with Gasteiger partial charge in [-0.25, -0.2) is 0 Å². The summed E-state index contributed by atoms with van der Waals surface area (Å²) in [6.07, 6.45) is 9.00. The molecule has 0 amide bonds. The third-order valence-corrected chi connectivity index (χ3v) is 9.87. The standard InChI is InChI=1S/C17H24OSSi/c1-20(2,15-11-7-6-8-12-15)17-14-10-5-3-4-9-13-16(18)19-17/h6-8,11-12,14H,3-5,9-10,13H2,1-2H3/b17-14+. The molecule has 0 atom stereocenters. The van der Waals surface area contributed by atoms with Crippen molar-refractivity contribution in [3.8, 4) is 0 Å². The molecule has 1 nitrogen and oxygen atoms in total. The van der Waals surface area contributed by atoms with Crippen molar-refractivity contribution in [1.82, 2.24) is 0 Å². The second-order valence-electron chi connectivity index (χ2n) is 5.99. The summed E-state index contributed by atoms with van der Waals surface area (Å²) in [5, 5.41) is 1.78. The number of rotatable bonds is 2. The van der Waals surface area contributed by atoms with Crippen LogP contribution in [-0.2, 0) is 4.79 Å². The number of thioether (sulfide) groups is 1. The Bertz CT molecular complexity index is 479. The van der Waals surface area contributed by atoms with Crippen LogP contribution in [0.1, 0.15) is 38.5 Å². The van der Waals surface area contributed by atoms with Gasteiger partial charge in [0.1, 0.15) is 8.07 Å². The van der Waals surface area contributed by atoms with Gasteiger partial charge in [0.15, 0.2) is 5.12 Å². The molecular formula is C17H24OSSi. The molecule has 1 aliphatic heterocycles. The Morgan fingerprint density at radius 2 is 1.70 bits per heavy atom. The van der Waals surface area contributed by atoms with Crippen molar-refractivity contribution in [3.05, 3.63) is 40.9 Å². The predicted octanol–water partition coefficient (Wildman–Crippen LogP) is 4.64. The zero-order valence-electron chi connectivity index (χ0n) is 12.5. The normalized spacial score (nSPS) is 21.1. The molecule has 0 radical (unpaired) electrons. The first-order chi connectivity index (χ1) is 9.60. The summed E-state index contributed by atoms with van der Waals surface area (Å²) in [6.45, 7) is 4.72. The fourth-order valence-corrected chi connectivity index (χ4v) is 6.97. The van der Waals surface area contributed by atoms with Gasteiger partial charge in [-0.2, -0.15) is 0 Å². The van der Waals surface area contributed by atoms with Crippen molar-refractivity contribution in [1.29, 1.82) is 0 Å². The summed E-state index contributed by atoms with van der Waals surface area (Å²) in [5.41, 5.74) is 0. The number of hydrogen-bond acceptors (Lipinski definition) is 2. The molecule has 0 bridgehead atoms. The van der Waals surface area contributed by atoms with E-state index in [-0.39, 0.29) is 0 Å². The van der Waals surface area contributed by atoms with E-state index in [0.717, 1.165) is 19.3 Å². The van der Waals surface area contributed by atoms with E-state index in [1.807, 2.05) is 0 Å². The van der Waals surface area contributed by atoms with Crippen LogP contribution in [0.15, 0.2) is 40.9 Å². The van der Waals surface area contributed by atoms with Crippen LogP contribution in [0.25, 0.3) is 0 Å². The molecule has 20 heavy (non-hydrogen) atoms. The summed E-state index contributed by atoms with van der Waals surface area (Å²) in [6, 6.07) is 10.7. The zero-order chi connectivity index (χ0) is 14.4. The Labute approximate surface area is 127 Å². The van der Waals surface area contributed by atoms with Crippen molar-refractivity contribution >= 4 is 30.1 Å². The lowest BCUT2D eigenvalue weighted by atomic mass is 10.1. The second kappa shape index (κ2) is 7.28. The van der Waals surface area contributed by atoms with Crippen molar-refractivity contribution in [2.75, 3.05) is 0 Å². The minimum atomic E-state index is -1.71. The van der Waals surface area contributed by atoms with Crippen molar-refractivity contribution in [3.63, 3.8) is 0 Å². The van der Waals surface area contributed by atoms with Crippen molar-refractivity contribution in [2.24, 2.45) is 0 Å². The SMILES string of the molecule is C[Si](C)(/C1=C/CCCCCCC(=O)S1)c1ccccc1. The minimum absolute atomic E-state index is 0.356. The Morgan fingerprint density at radius 3 is 2.45 bits per heavy atom. The number of allylic oxidation sites excluding steroid dienone is 1. The molecule has 0 unspecified atom stereocenters. The van der Waals surface area contributed by atoms with Crippen LogP contribution in [0, 0.1) is 0 Å². The quantitative estimate of drug-likeness (QED) is 0.740. The van der Waals surface area contributed by atoms with Gasteiger partial charge in [-0.05, 0) is 23.8 Å². The maximum absolute atomic E-state index is 12.1. The van der Waals surface area contributed by atoms with Crippen LogP contribution in [0.2, 0.25) is 13.1 Å². The Balaban J connectivity index is 2.25. The average molecular weight is 305 g/mol. The molecule has 1 aliphatic rings. The van der Waals surface area contributed by atoms with Gasteiger partial charge in [0.2, 0.25) is 0 Å². The highest BCUT2D eigenvalue weighted by Gasteiger charge is 2.30. The third-order valence-electron chi connectivity index (χ3n) is 4.00. The molecule has 108 valence electrons. The molecule has 0 spiro atoms. The highest BCUT2D eigenvalue weighted by molar-refractivity contribution is 8.18. The van der Waals surface area contributed by atoms with Gasteiger partial charge in [-0.1, -0.05) is 79.3 Å². The van der Waals surface area contributed by atoms with E-state index >= 15 is 0 Å². The van der Waals surface area contributed by atoms with E-state index in [4.69, 9.17) is 0 Å². The topological polar surface area (TPSA) is 17.1 Å². The molecular weight excluding hydrogens is 280 g/mol. The summed E-state index contributed by atoms with van der Waals surface area (Å²) in [7, 11) is -1.71. The summed E-state index contributed by atoms with van der Waals surface area (Å²) in [5.74, 6) is 0. The van der Waals surface area contributed by atoms with E-state index < -0.39 is 8.07 Å². The molecule has 0 aromatic heterocycles. The first-order valence-electron chi connectivity index (χ1n) is 7.57. The molecule has 0 fully saturated rings. The maximum Gasteiger partial charge on any atom is 0.192 e. The molecule has 1 heterocycles. The summed E-state index contributed by atoms with van der Waals surface area (Å²) < 4.78 is 1.36. The molecule has 0 saturated carbocycles. The van der Waals surface area contributed by atoms with E-state index in [2.05, 4.69) is 49.5 Å². The fraction of sp³-hybridized carbons (Fsp3) is 0.471. The first kappa shape index (κ1) is 15.6. The second-order valence-corrected chi connectivity index (χ2v) is 11.8. The van der Waals surface area contributed by atoms with Crippen LogP contribution in [0.3, 0.4) is 0 Å². The van der Waals surface area contributed by atoms with Crippen molar-refractivity contribution < 1.29 is 4.79 Å². The van der Waals surface area contributed by atoms with Gasteiger partial charge < -0.3 is 0 Å². The molecule has 0 N–H and O–H groups in total. The zero-order valence-corrected chi connectivity index (χ0v) is 14.3. The number of carbonyl (C=O) groups is 1. The van der Waals surface area contributed by atoms with Gasteiger partial charge >= 0.3 is 0 Å². The molecule has 1 aromatic carbocycles. The van der Waals surface area contributed by atoms with Gasteiger partial charge in [0.25, 0.3) is 0 Å². The first-order valence-corrected chi connectivity index (χ1v) is 11.4. The average Bonchev–Trinajstić information content (AvgIpc) is 2.46. The van der Waals surface area contributed by atoms with Gasteiger partial charge in [-0.3, -0.25) is 4.79 Å². The summed E-state index contributed by atoms with van der Waals surface area (Å²) in [4.78, 5) is 12.1. The monoisotopic (exact) mass is 304 g/mol. The highest BCUT2D eigenvalue weighted by Crippen LogP contribution is 2.30. The van der Waals surface area contributed by atoms with Crippen molar-refractivity contribution in [2.45, 2.75) is 51.6 Å². The molecule has 3 heteroatoms. The molecule has 0 saturated heterocycles. The van der Waals surface area contributed by atoms with E-state index in [1.165, 1.54) is 40.7 Å². The third kappa shape index (κ3) is 4.09. The predicted molar refractivity (Wildman–Crippen MR) is 91.9 cm³/mol. The molecule has 0 aliphatic carbocycles. The number of hydrogen-bond donors (Lipinski definition) is 0. The largest absolute Gasteiger partial charge is 0.287 e. The van der Waals surface area contributed by atoms with Gasteiger partial charge in [0, 0.05) is 6.42 Å². The van der Waals surface area contributed by atoms with Gasteiger partial charge in [0.05, 0.1) is 0 Å². The van der Waals surface area contributed by atoms with Crippen LogP contribution >= 0.6 is 11.8 Å². The maximum atomic E-state index is 12.1. The Kier molecular flexibility index (Phi) is 5.67. The molecule has 1 aromatic rings. The highest BCUT2D eigenvalue weighted by atomic mass is 32.2. The number of benzene rings is 1. The van der Waals surface area contributed by atoms with E-state index in [9.17, 15) is 4.79 Å². The van der Waals surface area contributed by atoms with E-state index in [1.54, 1.807) is 0 Å². The van der Waals surface area contributed by atoms with Crippen LogP contribution in [-0.4, -0.2) is 13.2 Å². The minimum Gasteiger partial charge on any atom is -0.287 e. The van der Waals surface area contributed by atoms with Gasteiger partial charge in [-0.15, -0.1) is 0 Å². The van der Waals surface area contributed by atoms with E-state index in [0.29, 0.717) is 5.12 Å². The number of carbonyl (C=O) groups excluding carboxylic acids is 1. The Hall–Kier alpha value is -0.803. The lowest BCUT2D eigenvalue weighted by molar-refractivity contribution is -0.111. The fourth-order valence-electron chi connectivity index (χ4n) is 2.60.